The third-order valence-corrected chi connectivity index (χ3v) is 4.00. The highest BCUT2D eigenvalue weighted by molar-refractivity contribution is 5.91. The average molecular weight is 282 g/mol. The lowest BCUT2D eigenvalue weighted by Gasteiger charge is -2.21. The van der Waals surface area contributed by atoms with Crippen LogP contribution in [0, 0.1) is 0 Å². The second kappa shape index (κ2) is 5.26. The molecule has 2 heterocycles. The van der Waals surface area contributed by atoms with Gasteiger partial charge in [0.2, 0.25) is 0 Å². The zero-order valence-electron chi connectivity index (χ0n) is 12.2. The summed E-state index contributed by atoms with van der Waals surface area (Å²) in [6, 6.07) is 9.81. The Morgan fingerprint density at radius 1 is 1.14 bits per heavy atom. The Bertz CT molecular complexity index is 756. The molecule has 0 saturated carbocycles. The molecule has 2 N–H and O–H groups in total. The van der Waals surface area contributed by atoms with Crippen molar-refractivity contribution in [2.24, 2.45) is 5.73 Å². The van der Waals surface area contributed by atoms with Crippen molar-refractivity contribution in [1.29, 1.82) is 0 Å². The van der Waals surface area contributed by atoms with Crippen molar-refractivity contribution in [3.8, 4) is 11.5 Å². The van der Waals surface area contributed by atoms with E-state index in [2.05, 4.69) is 15.1 Å². The highest BCUT2D eigenvalue weighted by Gasteiger charge is 2.29. The van der Waals surface area contributed by atoms with Gasteiger partial charge in [0.1, 0.15) is 0 Å². The van der Waals surface area contributed by atoms with E-state index in [0.29, 0.717) is 11.7 Å². The van der Waals surface area contributed by atoms with Crippen molar-refractivity contribution in [3.05, 3.63) is 42.4 Å². The molecule has 0 saturated heterocycles. The standard InChI is InChI=1S/C16H18N4O/c1-3-16(17,4-2)15-19-14(21-20-15)12-9-5-7-11-8-6-10-18-13(11)12/h5-10H,3-4,17H2,1-2H3. The molecule has 0 atom stereocenters. The fraction of sp³-hybridized carbons (Fsp3) is 0.312. The number of hydrogen-bond donors (Lipinski definition) is 1. The third-order valence-electron chi connectivity index (χ3n) is 4.00. The molecule has 0 amide bonds. The molecule has 5 heteroatoms. The van der Waals surface area contributed by atoms with Crippen LogP contribution in [-0.4, -0.2) is 15.1 Å². The van der Waals surface area contributed by atoms with Crippen molar-refractivity contribution in [1.82, 2.24) is 15.1 Å². The molecule has 1 aromatic carbocycles. The monoisotopic (exact) mass is 282 g/mol. The molecule has 0 radical (unpaired) electrons. The molecular formula is C16H18N4O. The van der Waals surface area contributed by atoms with Gasteiger partial charge >= 0.3 is 0 Å². The Labute approximate surface area is 123 Å². The Balaban J connectivity index is 2.11. The number of fused-ring (bicyclic) bond motifs is 1. The molecule has 0 spiro atoms. The van der Waals surface area contributed by atoms with Crippen LogP contribution in [0.1, 0.15) is 32.5 Å². The number of rotatable bonds is 4. The van der Waals surface area contributed by atoms with Crippen LogP contribution in [0.5, 0.6) is 0 Å². The van der Waals surface area contributed by atoms with Crippen LogP contribution in [0.3, 0.4) is 0 Å². The molecule has 21 heavy (non-hydrogen) atoms. The van der Waals surface area contributed by atoms with E-state index in [1.807, 2.05) is 44.2 Å². The lowest BCUT2D eigenvalue weighted by Crippen LogP contribution is -2.36. The van der Waals surface area contributed by atoms with Crippen LogP contribution in [0.25, 0.3) is 22.4 Å². The minimum Gasteiger partial charge on any atom is -0.334 e. The summed E-state index contributed by atoms with van der Waals surface area (Å²) in [5.41, 5.74) is 7.47. The highest BCUT2D eigenvalue weighted by atomic mass is 16.5. The number of nitrogens with zero attached hydrogens (tertiary/aromatic N) is 3. The van der Waals surface area contributed by atoms with Gasteiger partial charge in [0.25, 0.3) is 5.89 Å². The van der Waals surface area contributed by atoms with Crippen LogP contribution in [0.15, 0.2) is 41.1 Å². The van der Waals surface area contributed by atoms with Gasteiger partial charge in [0.05, 0.1) is 16.6 Å². The maximum Gasteiger partial charge on any atom is 0.260 e. The van der Waals surface area contributed by atoms with Crippen LogP contribution in [0.4, 0.5) is 0 Å². The average Bonchev–Trinajstić information content (AvgIpc) is 3.04. The molecule has 5 nitrogen and oxygen atoms in total. The normalized spacial score (nSPS) is 12.0. The summed E-state index contributed by atoms with van der Waals surface area (Å²) >= 11 is 0. The predicted octanol–water partition coefficient (Wildman–Crippen LogP) is 3.26. The third kappa shape index (κ3) is 2.29. The number of benzene rings is 1. The largest absolute Gasteiger partial charge is 0.334 e. The lowest BCUT2D eigenvalue weighted by atomic mass is 9.93. The molecule has 0 bridgehead atoms. The van der Waals surface area contributed by atoms with Gasteiger partial charge in [-0.3, -0.25) is 4.98 Å². The summed E-state index contributed by atoms with van der Waals surface area (Å²) in [4.78, 5) is 8.91. The quantitative estimate of drug-likeness (QED) is 0.794. The van der Waals surface area contributed by atoms with Gasteiger partial charge in [-0.05, 0) is 25.0 Å². The van der Waals surface area contributed by atoms with E-state index in [1.165, 1.54) is 0 Å². The smallest absolute Gasteiger partial charge is 0.260 e. The summed E-state index contributed by atoms with van der Waals surface area (Å²) in [6.07, 6.45) is 3.28. The first kappa shape index (κ1) is 13.7. The first-order valence-corrected chi connectivity index (χ1v) is 7.15. The Morgan fingerprint density at radius 2 is 1.90 bits per heavy atom. The predicted molar refractivity (Wildman–Crippen MR) is 81.5 cm³/mol. The van der Waals surface area contributed by atoms with Crippen molar-refractivity contribution in [2.75, 3.05) is 0 Å². The summed E-state index contributed by atoms with van der Waals surface area (Å²) in [7, 11) is 0. The van der Waals surface area contributed by atoms with E-state index in [-0.39, 0.29) is 0 Å². The highest BCUT2D eigenvalue weighted by Crippen LogP contribution is 2.29. The lowest BCUT2D eigenvalue weighted by molar-refractivity contribution is 0.350. The van der Waals surface area contributed by atoms with E-state index < -0.39 is 5.54 Å². The van der Waals surface area contributed by atoms with E-state index in [1.54, 1.807) is 6.20 Å². The van der Waals surface area contributed by atoms with Gasteiger partial charge in [-0.15, -0.1) is 0 Å². The second-order valence-corrected chi connectivity index (χ2v) is 5.17. The number of nitrogens with two attached hydrogens (primary N) is 1. The summed E-state index contributed by atoms with van der Waals surface area (Å²) < 4.78 is 5.43. The molecule has 2 aromatic heterocycles. The number of hydrogen-bond acceptors (Lipinski definition) is 5. The maximum absolute atomic E-state index is 6.32. The zero-order valence-corrected chi connectivity index (χ0v) is 12.2. The van der Waals surface area contributed by atoms with Crippen LogP contribution in [0.2, 0.25) is 0 Å². The minimum absolute atomic E-state index is 0.464. The molecule has 0 aliphatic carbocycles. The fourth-order valence-corrected chi connectivity index (χ4v) is 2.38. The number of aromatic nitrogens is 3. The molecule has 3 aromatic rings. The van der Waals surface area contributed by atoms with Crippen LogP contribution in [-0.2, 0) is 5.54 Å². The Morgan fingerprint density at radius 3 is 2.67 bits per heavy atom. The van der Waals surface area contributed by atoms with Gasteiger partial charge in [0, 0.05) is 11.6 Å². The van der Waals surface area contributed by atoms with Crippen molar-refractivity contribution < 1.29 is 4.52 Å². The Hall–Kier alpha value is -2.27. The molecule has 0 fully saturated rings. The van der Waals surface area contributed by atoms with E-state index >= 15 is 0 Å². The SMILES string of the molecule is CCC(N)(CC)c1noc(-c2cccc3cccnc23)n1. The Kier molecular flexibility index (Phi) is 3.43. The molecule has 0 unspecified atom stereocenters. The van der Waals surface area contributed by atoms with Gasteiger partial charge in [-0.2, -0.15) is 4.98 Å². The molecule has 0 aliphatic rings. The van der Waals surface area contributed by atoms with Gasteiger partial charge in [-0.25, -0.2) is 0 Å². The topological polar surface area (TPSA) is 77.8 Å². The van der Waals surface area contributed by atoms with Gasteiger partial charge in [0.15, 0.2) is 5.82 Å². The first-order valence-electron chi connectivity index (χ1n) is 7.15. The maximum atomic E-state index is 6.32. The summed E-state index contributed by atoms with van der Waals surface area (Å²) in [5, 5.41) is 5.12. The molecular weight excluding hydrogens is 264 g/mol. The molecule has 0 aliphatic heterocycles. The van der Waals surface area contributed by atoms with Crippen LogP contribution < -0.4 is 5.73 Å². The first-order chi connectivity index (χ1) is 10.2. The fourth-order valence-electron chi connectivity index (χ4n) is 2.38. The van der Waals surface area contributed by atoms with Crippen LogP contribution >= 0.6 is 0 Å². The van der Waals surface area contributed by atoms with Gasteiger partial charge in [-0.1, -0.05) is 37.2 Å². The molecule has 108 valence electrons. The number of para-hydroxylation sites is 1. The van der Waals surface area contributed by atoms with E-state index in [9.17, 15) is 0 Å². The minimum atomic E-state index is -0.542. The zero-order chi connectivity index (χ0) is 14.9. The second-order valence-electron chi connectivity index (χ2n) is 5.17. The van der Waals surface area contributed by atoms with E-state index in [0.717, 1.165) is 29.3 Å². The number of pyridine rings is 1. The van der Waals surface area contributed by atoms with E-state index in [4.69, 9.17) is 10.3 Å². The van der Waals surface area contributed by atoms with Crippen molar-refractivity contribution in [3.63, 3.8) is 0 Å². The summed E-state index contributed by atoms with van der Waals surface area (Å²) in [6.45, 7) is 4.05. The van der Waals surface area contributed by atoms with Gasteiger partial charge < -0.3 is 10.3 Å². The molecule has 3 rings (SSSR count). The van der Waals surface area contributed by atoms with Crippen molar-refractivity contribution >= 4 is 10.9 Å². The summed E-state index contributed by atoms with van der Waals surface area (Å²) in [5.74, 6) is 1.02. The van der Waals surface area contributed by atoms with Crippen molar-refractivity contribution in [2.45, 2.75) is 32.2 Å².